The first-order valence-corrected chi connectivity index (χ1v) is 7.52. The molecule has 1 aliphatic heterocycles. The second kappa shape index (κ2) is 6.52. The van der Waals surface area contributed by atoms with Crippen molar-refractivity contribution in [3.05, 3.63) is 54.1 Å². The van der Waals surface area contributed by atoms with Gasteiger partial charge in [0.15, 0.2) is 0 Å². The second-order valence-corrected chi connectivity index (χ2v) is 5.46. The molecule has 0 radical (unpaired) electrons. The van der Waals surface area contributed by atoms with Crippen LogP contribution in [0.15, 0.2) is 48.5 Å². The monoisotopic (exact) mass is 310 g/mol. The number of para-hydroxylation sites is 2. The minimum atomic E-state index is -0.236. The number of aryl methyl sites for hydroxylation is 1. The van der Waals surface area contributed by atoms with Gasteiger partial charge < -0.3 is 10.1 Å². The highest BCUT2D eigenvalue weighted by molar-refractivity contribution is 6.03. The molecule has 118 valence electrons. The maximum atomic E-state index is 12.3. The van der Waals surface area contributed by atoms with Crippen LogP contribution in [0.25, 0.3) is 0 Å². The van der Waals surface area contributed by atoms with Crippen molar-refractivity contribution in [3.63, 3.8) is 0 Å². The Labute approximate surface area is 134 Å². The Morgan fingerprint density at radius 3 is 2.87 bits per heavy atom. The summed E-state index contributed by atoms with van der Waals surface area (Å²) in [6.45, 7) is 2.25. The van der Waals surface area contributed by atoms with Crippen LogP contribution < -0.4 is 15.0 Å². The molecule has 5 heteroatoms. The maximum absolute atomic E-state index is 12.3. The molecule has 2 aromatic rings. The Morgan fingerprint density at radius 1 is 1.22 bits per heavy atom. The van der Waals surface area contributed by atoms with E-state index in [0.717, 1.165) is 11.3 Å². The molecular weight excluding hydrogens is 292 g/mol. The molecule has 1 N–H and O–H groups in total. The Kier molecular flexibility index (Phi) is 4.28. The number of anilines is 2. The third-order valence-corrected chi connectivity index (χ3v) is 3.63. The van der Waals surface area contributed by atoms with Crippen molar-refractivity contribution in [1.82, 2.24) is 0 Å². The highest BCUT2D eigenvalue weighted by Crippen LogP contribution is 2.30. The van der Waals surface area contributed by atoms with Gasteiger partial charge in [-0.2, -0.15) is 0 Å². The zero-order chi connectivity index (χ0) is 16.2. The Bertz CT molecular complexity index is 743. The Balaban J connectivity index is 1.78. The van der Waals surface area contributed by atoms with E-state index in [4.69, 9.17) is 4.74 Å². The van der Waals surface area contributed by atoms with Crippen LogP contribution >= 0.6 is 0 Å². The third kappa shape index (κ3) is 3.51. The molecule has 0 saturated carbocycles. The van der Waals surface area contributed by atoms with Crippen LogP contribution in [0.5, 0.6) is 5.75 Å². The summed E-state index contributed by atoms with van der Waals surface area (Å²) in [4.78, 5) is 26.1. The standard InChI is InChI=1S/C18H18N2O3/c1-13-5-4-6-14(11-13)19-17(21)12-20-15-7-2-3-8-16(15)23-10-9-18(20)22/h2-8,11H,9-10,12H2,1H3,(H,19,21). The number of carbonyl (C=O) groups is 2. The van der Waals surface area contributed by atoms with E-state index in [9.17, 15) is 9.59 Å². The van der Waals surface area contributed by atoms with Crippen molar-refractivity contribution in [1.29, 1.82) is 0 Å². The van der Waals surface area contributed by atoms with Gasteiger partial charge in [-0.15, -0.1) is 0 Å². The Hall–Kier alpha value is -2.82. The van der Waals surface area contributed by atoms with Gasteiger partial charge in [-0.05, 0) is 36.8 Å². The summed E-state index contributed by atoms with van der Waals surface area (Å²) in [5, 5.41) is 2.83. The number of nitrogens with one attached hydrogen (secondary N) is 1. The van der Waals surface area contributed by atoms with E-state index in [2.05, 4.69) is 5.32 Å². The van der Waals surface area contributed by atoms with Crippen LogP contribution in [0, 0.1) is 6.92 Å². The molecule has 5 nitrogen and oxygen atoms in total. The predicted octanol–water partition coefficient (Wildman–Crippen LogP) is 2.75. The van der Waals surface area contributed by atoms with Gasteiger partial charge in [0.25, 0.3) is 0 Å². The minimum Gasteiger partial charge on any atom is -0.491 e. The lowest BCUT2D eigenvalue weighted by molar-refractivity contribution is -0.121. The van der Waals surface area contributed by atoms with Gasteiger partial charge >= 0.3 is 0 Å². The molecule has 0 bridgehead atoms. The van der Waals surface area contributed by atoms with E-state index in [1.807, 2.05) is 43.3 Å². The second-order valence-electron chi connectivity index (χ2n) is 5.46. The lowest BCUT2D eigenvalue weighted by Crippen LogP contribution is -2.37. The van der Waals surface area contributed by atoms with E-state index in [1.165, 1.54) is 4.90 Å². The van der Waals surface area contributed by atoms with Crippen molar-refractivity contribution in [2.75, 3.05) is 23.4 Å². The molecule has 2 aromatic carbocycles. The molecule has 0 atom stereocenters. The molecule has 0 spiro atoms. The van der Waals surface area contributed by atoms with Crippen molar-refractivity contribution >= 4 is 23.2 Å². The van der Waals surface area contributed by atoms with Gasteiger partial charge in [-0.25, -0.2) is 0 Å². The van der Waals surface area contributed by atoms with Gasteiger partial charge in [0.2, 0.25) is 11.8 Å². The molecule has 0 unspecified atom stereocenters. The van der Waals surface area contributed by atoms with Crippen molar-refractivity contribution in [2.24, 2.45) is 0 Å². The highest BCUT2D eigenvalue weighted by Gasteiger charge is 2.24. The summed E-state index contributed by atoms with van der Waals surface area (Å²) in [6.07, 6.45) is 0.256. The van der Waals surface area contributed by atoms with Gasteiger partial charge in [0.05, 0.1) is 18.7 Å². The SMILES string of the molecule is Cc1cccc(NC(=O)CN2C(=O)CCOc3ccccc32)c1. The molecule has 0 aliphatic carbocycles. The number of nitrogens with zero attached hydrogens (tertiary/aromatic N) is 1. The summed E-state index contributed by atoms with van der Waals surface area (Å²) in [6, 6.07) is 14.8. The molecule has 1 heterocycles. The van der Waals surface area contributed by atoms with E-state index < -0.39 is 0 Å². The van der Waals surface area contributed by atoms with E-state index in [-0.39, 0.29) is 24.8 Å². The lowest BCUT2D eigenvalue weighted by Gasteiger charge is -2.21. The van der Waals surface area contributed by atoms with Crippen LogP contribution in [-0.2, 0) is 9.59 Å². The van der Waals surface area contributed by atoms with Crippen LogP contribution in [0.1, 0.15) is 12.0 Å². The molecule has 0 aromatic heterocycles. The lowest BCUT2D eigenvalue weighted by atomic mass is 10.2. The smallest absolute Gasteiger partial charge is 0.244 e. The summed E-state index contributed by atoms with van der Waals surface area (Å²) in [5.41, 5.74) is 2.42. The molecule has 0 saturated heterocycles. The first-order valence-electron chi connectivity index (χ1n) is 7.52. The number of benzene rings is 2. The molecule has 0 fully saturated rings. The minimum absolute atomic E-state index is 0.0346. The number of hydrogen-bond acceptors (Lipinski definition) is 3. The third-order valence-electron chi connectivity index (χ3n) is 3.63. The average Bonchev–Trinajstić information content (AvgIpc) is 2.67. The largest absolute Gasteiger partial charge is 0.491 e. The predicted molar refractivity (Wildman–Crippen MR) is 88.7 cm³/mol. The summed E-state index contributed by atoms with van der Waals surface area (Å²) < 4.78 is 5.57. The number of fused-ring (bicyclic) bond motifs is 1. The van der Waals surface area contributed by atoms with Gasteiger partial charge in [-0.3, -0.25) is 14.5 Å². The fourth-order valence-corrected chi connectivity index (χ4v) is 2.56. The number of hydrogen-bond donors (Lipinski definition) is 1. The summed E-state index contributed by atoms with van der Waals surface area (Å²) in [5.74, 6) is 0.275. The number of carbonyl (C=O) groups excluding carboxylic acids is 2. The van der Waals surface area contributed by atoms with Crippen LogP contribution in [0.4, 0.5) is 11.4 Å². The van der Waals surface area contributed by atoms with E-state index >= 15 is 0 Å². The molecule has 3 rings (SSSR count). The van der Waals surface area contributed by atoms with Crippen molar-refractivity contribution in [2.45, 2.75) is 13.3 Å². The quantitative estimate of drug-likeness (QED) is 0.948. The zero-order valence-corrected chi connectivity index (χ0v) is 12.9. The number of rotatable bonds is 3. The highest BCUT2D eigenvalue weighted by atomic mass is 16.5. The fraction of sp³-hybridized carbons (Fsp3) is 0.222. The molecule has 2 amide bonds. The van der Waals surface area contributed by atoms with E-state index in [0.29, 0.717) is 18.0 Å². The van der Waals surface area contributed by atoms with Crippen molar-refractivity contribution in [3.8, 4) is 5.75 Å². The summed E-state index contributed by atoms with van der Waals surface area (Å²) >= 11 is 0. The average molecular weight is 310 g/mol. The molecule has 23 heavy (non-hydrogen) atoms. The van der Waals surface area contributed by atoms with Crippen LogP contribution in [-0.4, -0.2) is 25.0 Å². The summed E-state index contributed by atoms with van der Waals surface area (Å²) in [7, 11) is 0. The number of amides is 2. The van der Waals surface area contributed by atoms with E-state index in [1.54, 1.807) is 12.1 Å². The first kappa shape index (κ1) is 15.1. The fourth-order valence-electron chi connectivity index (χ4n) is 2.56. The zero-order valence-electron chi connectivity index (χ0n) is 12.9. The van der Waals surface area contributed by atoms with Gasteiger partial charge in [0.1, 0.15) is 12.3 Å². The number of ether oxygens (including phenoxy) is 1. The van der Waals surface area contributed by atoms with Crippen LogP contribution in [0.2, 0.25) is 0 Å². The molecular formula is C18H18N2O3. The normalized spacial score (nSPS) is 13.8. The van der Waals surface area contributed by atoms with Crippen molar-refractivity contribution < 1.29 is 14.3 Å². The first-order chi connectivity index (χ1) is 11.1. The van der Waals surface area contributed by atoms with Gasteiger partial charge in [0, 0.05) is 5.69 Å². The van der Waals surface area contributed by atoms with Gasteiger partial charge in [-0.1, -0.05) is 24.3 Å². The molecule has 1 aliphatic rings. The topological polar surface area (TPSA) is 58.6 Å². The van der Waals surface area contributed by atoms with Crippen LogP contribution in [0.3, 0.4) is 0 Å². The Morgan fingerprint density at radius 2 is 2.04 bits per heavy atom. The maximum Gasteiger partial charge on any atom is 0.244 e.